The lowest BCUT2D eigenvalue weighted by Gasteiger charge is -2.26. The van der Waals surface area contributed by atoms with Crippen LogP contribution in [-0.2, 0) is 9.59 Å². The first kappa shape index (κ1) is 18.2. The van der Waals surface area contributed by atoms with Crippen molar-refractivity contribution in [3.8, 4) is 0 Å². The number of hydrogen-bond donors (Lipinski definition) is 2. The van der Waals surface area contributed by atoms with E-state index < -0.39 is 0 Å². The van der Waals surface area contributed by atoms with Crippen LogP contribution in [-0.4, -0.2) is 49.4 Å². The molecular formula is C13H26ClN3O2. The van der Waals surface area contributed by atoms with Crippen LogP contribution in [0.4, 0.5) is 0 Å². The minimum Gasteiger partial charge on any atom is -0.355 e. The first-order chi connectivity index (χ1) is 8.67. The van der Waals surface area contributed by atoms with Gasteiger partial charge in [0.15, 0.2) is 0 Å². The Morgan fingerprint density at radius 1 is 1.26 bits per heavy atom. The highest BCUT2D eigenvalue weighted by Crippen LogP contribution is 2.17. The Bertz CT molecular complexity index is 281. The Hall–Kier alpha value is -0.810. The highest BCUT2D eigenvalue weighted by molar-refractivity contribution is 5.85. The maximum absolute atomic E-state index is 12.1. The van der Waals surface area contributed by atoms with E-state index in [2.05, 4.69) is 10.6 Å². The molecule has 0 spiro atoms. The highest BCUT2D eigenvalue weighted by atomic mass is 35.5. The van der Waals surface area contributed by atoms with Crippen molar-refractivity contribution in [3.63, 3.8) is 0 Å². The Labute approximate surface area is 121 Å². The van der Waals surface area contributed by atoms with Crippen LogP contribution >= 0.6 is 12.4 Å². The van der Waals surface area contributed by atoms with Gasteiger partial charge in [0.25, 0.3) is 0 Å². The number of hydrogen-bond acceptors (Lipinski definition) is 3. The molecule has 0 saturated carbocycles. The fourth-order valence-corrected chi connectivity index (χ4v) is 2.26. The predicted molar refractivity (Wildman–Crippen MR) is 78.4 cm³/mol. The quantitative estimate of drug-likeness (QED) is 0.760. The lowest BCUT2D eigenvalue weighted by molar-refractivity contribution is -0.136. The van der Waals surface area contributed by atoms with E-state index in [4.69, 9.17) is 0 Å². The normalized spacial score (nSPS) is 15.5. The summed E-state index contributed by atoms with van der Waals surface area (Å²) < 4.78 is 0. The van der Waals surface area contributed by atoms with E-state index in [1.165, 1.54) is 0 Å². The molecule has 1 fully saturated rings. The molecule has 0 unspecified atom stereocenters. The lowest BCUT2D eigenvalue weighted by atomic mass is 9.94. The van der Waals surface area contributed by atoms with Crippen molar-refractivity contribution >= 4 is 24.2 Å². The lowest BCUT2D eigenvalue weighted by Crippen LogP contribution is -2.41. The van der Waals surface area contributed by atoms with Crippen molar-refractivity contribution in [2.24, 2.45) is 5.92 Å². The summed E-state index contributed by atoms with van der Waals surface area (Å²) in [6.45, 7) is 7.19. The molecule has 5 nitrogen and oxygen atoms in total. The zero-order chi connectivity index (χ0) is 13.4. The van der Waals surface area contributed by atoms with Crippen LogP contribution in [0.5, 0.6) is 0 Å². The average Bonchev–Trinajstić information content (AvgIpc) is 2.37. The third-order valence-corrected chi connectivity index (χ3v) is 3.36. The van der Waals surface area contributed by atoms with Gasteiger partial charge in [-0.3, -0.25) is 9.59 Å². The van der Waals surface area contributed by atoms with Gasteiger partial charge < -0.3 is 15.5 Å². The van der Waals surface area contributed by atoms with Crippen LogP contribution in [0.25, 0.3) is 0 Å². The van der Waals surface area contributed by atoms with Crippen LogP contribution in [0.2, 0.25) is 0 Å². The van der Waals surface area contributed by atoms with E-state index in [0.717, 1.165) is 25.9 Å². The van der Waals surface area contributed by atoms with Gasteiger partial charge in [-0.15, -0.1) is 12.4 Å². The van der Waals surface area contributed by atoms with Crippen molar-refractivity contribution in [3.05, 3.63) is 0 Å². The monoisotopic (exact) mass is 291 g/mol. The molecule has 0 aliphatic carbocycles. The maximum Gasteiger partial charge on any atom is 0.239 e. The molecule has 112 valence electrons. The van der Waals surface area contributed by atoms with Gasteiger partial charge in [0.1, 0.15) is 0 Å². The molecule has 19 heavy (non-hydrogen) atoms. The molecule has 0 atom stereocenters. The average molecular weight is 292 g/mol. The van der Waals surface area contributed by atoms with Crippen molar-refractivity contribution in [1.82, 2.24) is 15.5 Å². The molecule has 0 aromatic heterocycles. The van der Waals surface area contributed by atoms with Crippen molar-refractivity contribution < 1.29 is 9.59 Å². The van der Waals surface area contributed by atoms with Gasteiger partial charge in [-0.2, -0.15) is 0 Å². The molecule has 1 heterocycles. The molecule has 0 radical (unpaired) electrons. The van der Waals surface area contributed by atoms with Crippen molar-refractivity contribution in [2.75, 3.05) is 32.7 Å². The summed E-state index contributed by atoms with van der Waals surface area (Å²) in [6, 6.07) is 0. The Morgan fingerprint density at radius 2 is 1.89 bits per heavy atom. The zero-order valence-corrected chi connectivity index (χ0v) is 12.7. The van der Waals surface area contributed by atoms with E-state index in [-0.39, 0.29) is 30.8 Å². The molecule has 2 N–H and O–H groups in total. The summed E-state index contributed by atoms with van der Waals surface area (Å²) in [5.41, 5.74) is 0. The molecule has 1 aliphatic rings. The second-order valence-corrected chi connectivity index (χ2v) is 4.76. The SMILES string of the molecule is CCNC(=O)CN(CC)C(=O)CC1CCNCC1.Cl. The van der Waals surface area contributed by atoms with E-state index >= 15 is 0 Å². The topological polar surface area (TPSA) is 61.4 Å². The minimum atomic E-state index is -0.0713. The fraction of sp³-hybridized carbons (Fsp3) is 0.846. The second-order valence-electron chi connectivity index (χ2n) is 4.76. The van der Waals surface area contributed by atoms with Gasteiger partial charge in [-0.1, -0.05) is 0 Å². The number of amides is 2. The molecule has 1 saturated heterocycles. The van der Waals surface area contributed by atoms with Crippen molar-refractivity contribution in [2.45, 2.75) is 33.1 Å². The molecule has 0 bridgehead atoms. The minimum absolute atomic E-state index is 0. The first-order valence-corrected chi connectivity index (χ1v) is 6.92. The molecule has 0 aromatic rings. The maximum atomic E-state index is 12.1. The van der Waals surface area contributed by atoms with E-state index in [0.29, 0.717) is 25.4 Å². The van der Waals surface area contributed by atoms with E-state index in [1.54, 1.807) is 4.90 Å². The predicted octanol–water partition coefficient (Wildman–Crippen LogP) is 0.782. The fourth-order valence-electron chi connectivity index (χ4n) is 2.26. The zero-order valence-electron chi connectivity index (χ0n) is 11.9. The smallest absolute Gasteiger partial charge is 0.239 e. The Morgan fingerprint density at radius 3 is 2.42 bits per heavy atom. The van der Waals surface area contributed by atoms with E-state index in [1.807, 2.05) is 13.8 Å². The summed E-state index contributed by atoms with van der Waals surface area (Å²) >= 11 is 0. The number of halogens is 1. The largest absolute Gasteiger partial charge is 0.355 e. The number of carbonyl (C=O) groups excluding carboxylic acids is 2. The Balaban J connectivity index is 0.00000324. The van der Waals surface area contributed by atoms with Crippen LogP contribution in [0.1, 0.15) is 33.1 Å². The van der Waals surface area contributed by atoms with Crippen LogP contribution < -0.4 is 10.6 Å². The summed E-state index contributed by atoms with van der Waals surface area (Å²) in [4.78, 5) is 25.2. The van der Waals surface area contributed by atoms with Gasteiger partial charge >= 0.3 is 0 Å². The summed E-state index contributed by atoms with van der Waals surface area (Å²) in [5.74, 6) is 0.510. The molecule has 6 heteroatoms. The number of rotatable bonds is 6. The molecule has 2 amide bonds. The number of carbonyl (C=O) groups is 2. The number of nitrogens with zero attached hydrogens (tertiary/aromatic N) is 1. The second kappa shape index (κ2) is 10.0. The number of likely N-dealkylation sites (N-methyl/N-ethyl adjacent to an activating group) is 2. The van der Waals surface area contributed by atoms with Crippen LogP contribution in [0.3, 0.4) is 0 Å². The third kappa shape index (κ3) is 6.78. The number of nitrogens with one attached hydrogen (secondary N) is 2. The molecule has 0 aromatic carbocycles. The van der Waals surface area contributed by atoms with E-state index in [9.17, 15) is 9.59 Å². The van der Waals surface area contributed by atoms with Gasteiger partial charge in [-0.25, -0.2) is 0 Å². The standard InChI is InChI=1S/C13H25N3O2.ClH/c1-3-15-12(17)10-16(4-2)13(18)9-11-5-7-14-8-6-11;/h11,14H,3-10H2,1-2H3,(H,15,17);1H. The van der Waals surface area contributed by atoms with Gasteiger partial charge in [0.05, 0.1) is 6.54 Å². The summed E-state index contributed by atoms with van der Waals surface area (Å²) in [7, 11) is 0. The van der Waals surface area contributed by atoms with Gasteiger partial charge in [-0.05, 0) is 45.7 Å². The molecular weight excluding hydrogens is 266 g/mol. The van der Waals surface area contributed by atoms with Gasteiger partial charge in [0, 0.05) is 19.5 Å². The summed E-state index contributed by atoms with van der Waals surface area (Å²) in [6.07, 6.45) is 2.70. The first-order valence-electron chi connectivity index (χ1n) is 6.92. The molecule has 1 aliphatic heterocycles. The Kier molecular flexibility index (Phi) is 9.61. The number of piperidine rings is 1. The summed E-state index contributed by atoms with van der Waals surface area (Å²) in [5, 5.41) is 6.02. The highest BCUT2D eigenvalue weighted by Gasteiger charge is 2.21. The third-order valence-electron chi connectivity index (χ3n) is 3.36. The van der Waals surface area contributed by atoms with Crippen LogP contribution in [0.15, 0.2) is 0 Å². The van der Waals surface area contributed by atoms with Gasteiger partial charge in [0.2, 0.25) is 11.8 Å². The molecule has 1 rings (SSSR count). The van der Waals surface area contributed by atoms with Crippen molar-refractivity contribution in [1.29, 1.82) is 0 Å². The van der Waals surface area contributed by atoms with Crippen LogP contribution in [0, 0.1) is 5.92 Å².